The van der Waals surface area contributed by atoms with Crippen LogP contribution in [0.15, 0.2) is 59.7 Å². The number of methoxy groups -OCH3 is 1. The number of hydrogen-bond donors (Lipinski definition) is 0. The minimum atomic E-state index is -0.372. The summed E-state index contributed by atoms with van der Waals surface area (Å²) in [4.78, 5) is 12.1. The summed E-state index contributed by atoms with van der Waals surface area (Å²) < 4.78 is 37.6. The summed E-state index contributed by atoms with van der Waals surface area (Å²) in [7, 11) is 1.36. The zero-order chi connectivity index (χ0) is 20.3. The highest BCUT2D eigenvalue weighted by molar-refractivity contribution is 5.88. The number of halogens is 2. The van der Waals surface area contributed by atoms with Gasteiger partial charge in [0.15, 0.2) is 0 Å². The monoisotopic (exact) mass is 386 g/mol. The van der Waals surface area contributed by atoms with Gasteiger partial charge >= 0.3 is 5.97 Å². The Morgan fingerprint density at radius 1 is 1.04 bits per heavy atom. The van der Waals surface area contributed by atoms with Gasteiger partial charge in [-0.2, -0.15) is 0 Å². The number of rotatable bonds is 5. The fourth-order valence-corrected chi connectivity index (χ4v) is 3.89. The maximum Gasteiger partial charge on any atom is 0.333 e. The molecule has 2 aromatic rings. The zero-order valence-electron chi connectivity index (χ0n) is 16.2. The first kappa shape index (κ1) is 20.2. The molecule has 0 amide bonds. The van der Waals surface area contributed by atoms with Gasteiger partial charge in [0, 0.05) is 11.5 Å². The molecule has 1 heterocycles. The molecule has 1 fully saturated rings. The molecule has 3 atom stereocenters. The van der Waals surface area contributed by atoms with Crippen LogP contribution >= 0.6 is 0 Å². The maximum atomic E-state index is 13.4. The Labute approximate surface area is 164 Å². The molecule has 0 spiro atoms. The lowest BCUT2D eigenvalue weighted by molar-refractivity contribution is -0.136. The summed E-state index contributed by atoms with van der Waals surface area (Å²) in [6.45, 7) is 4.16. The van der Waals surface area contributed by atoms with E-state index in [-0.39, 0.29) is 35.5 Å². The van der Waals surface area contributed by atoms with Gasteiger partial charge in [0.25, 0.3) is 0 Å². The van der Waals surface area contributed by atoms with Gasteiger partial charge in [-0.1, -0.05) is 29.8 Å². The molecule has 0 bridgehead atoms. The Morgan fingerprint density at radius 3 is 2.18 bits per heavy atom. The molecule has 1 aliphatic rings. The first-order valence-corrected chi connectivity index (χ1v) is 9.28. The molecular formula is C23H24F2O3. The fraction of sp³-hybridized carbons (Fsp3) is 0.348. The normalized spacial score (nSPS) is 22.7. The molecular weight excluding hydrogens is 362 g/mol. The van der Waals surface area contributed by atoms with Crippen molar-refractivity contribution >= 4 is 5.97 Å². The van der Waals surface area contributed by atoms with Crippen molar-refractivity contribution in [3.05, 3.63) is 82.4 Å². The molecule has 0 aromatic heterocycles. The van der Waals surface area contributed by atoms with Crippen molar-refractivity contribution in [2.45, 2.75) is 26.4 Å². The molecule has 0 saturated carbocycles. The van der Waals surface area contributed by atoms with Gasteiger partial charge in [0.2, 0.25) is 0 Å². The van der Waals surface area contributed by atoms with Crippen LogP contribution in [0.25, 0.3) is 0 Å². The second-order valence-electron chi connectivity index (χ2n) is 7.22. The van der Waals surface area contributed by atoms with E-state index in [0.717, 1.165) is 16.7 Å². The first-order chi connectivity index (χ1) is 13.4. The summed E-state index contributed by atoms with van der Waals surface area (Å²) in [5.74, 6) is -0.929. The summed E-state index contributed by atoms with van der Waals surface area (Å²) in [6.07, 6.45) is 0.402. The van der Waals surface area contributed by atoms with Gasteiger partial charge in [-0.3, -0.25) is 0 Å². The van der Waals surface area contributed by atoms with Gasteiger partial charge < -0.3 is 9.47 Å². The Kier molecular flexibility index (Phi) is 6.25. The highest BCUT2D eigenvalue weighted by atomic mass is 19.1. The molecule has 2 aromatic carbocycles. The highest BCUT2D eigenvalue weighted by Gasteiger charge is 2.40. The van der Waals surface area contributed by atoms with Crippen LogP contribution in [-0.4, -0.2) is 19.7 Å². The van der Waals surface area contributed by atoms with Crippen LogP contribution in [-0.2, 0) is 20.7 Å². The van der Waals surface area contributed by atoms with E-state index in [4.69, 9.17) is 9.47 Å². The Balaban J connectivity index is 1.95. The molecule has 148 valence electrons. The van der Waals surface area contributed by atoms with Gasteiger partial charge in [-0.15, -0.1) is 0 Å². The standard InChI is InChI=1S/C23H24F2O3/c1-14(15(2)23(26)27-3)21-18(12-16-4-8-19(24)9-5-16)13-28-22(21)17-6-10-20(25)11-7-17/h4-11,18,21-22H,12-13H2,1-3H3/b15-14-/t18-,21-,22+/m0/s1. The predicted molar refractivity (Wildman–Crippen MR) is 103 cm³/mol. The topological polar surface area (TPSA) is 35.5 Å². The number of benzene rings is 2. The quantitative estimate of drug-likeness (QED) is 0.535. The molecule has 3 nitrogen and oxygen atoms in total. The third-order valence-corrected chi connectivity index (χ3v) is 5.52. The second-order valence-corrected chi connectivity index (χ2v) is 7.22. The van der Waals surface area contributed by atoms with E-state index >= 15 is 0 Å². The van der Waals surface area contributed by atoms with Crippen molar-refractivity contribution in [2.24, 2.45) is 11.8 Å². The zero-order valence-corrected chi connectivity index (χ0v) is 16.2. The molecule has 1 aliphatic heterocycles. The lowest BCUT2D eigenvalue weighted by Crippen LogP contribution is -2.21. The van der Waals surface area contributed by atoms with Gasteiger partial charge in [-0.25, -0.2) is 13.6 Å². The van der Waals surface area contributed by atoms with Crippen LogP contribution < -0.4 is 0 Å². The largest absolute Gasteiger partial charge is 0.466 e. The average molecular weight is 386 g/mol. The van der Waals surface area contributed by atoms with Crippen LogP contribution in [0.4, 0.5) is 8.78 Å². The number of esters is 1. The molecule has 28 heavy (non-hydrogen) atoms. The van der Waals surface area contributed by atoms with Crippen LogP contribution in [0.2, 0.25) is 0 Å². The molecule has 1 saturated heterocycles. The SMILES string of the molecule is COC(=O)/C(C)=C(/C)[C@H]1[C@@H](Cc2ccc(F)cc2)CO[C@@H]1c1ccc(F)cc1. The number of hydrogen-bond acceptors (Lipinski definition) is 3. The van der Waals surface area contributed by atoms with Crippen molar-refractivity contribution in [1.29, 1.82) is 0 Å². The van der Waals surface area contributed by atoms with Crippen molar-refractivity contribution in [3.63, 3.8) is 0 Å². The maximum absolute atomic E-state index is 13.4. The van der Waals surface area contributed by atoms with E-state index in [1.807, 2.05) is 6.92 Å². The van der Waals surface area contributed by atoms with Crippen molar-refractivity contribution in [1.82, 2.24) is 0 Å². The minimum absolute atomic E-state index is 0.0744. The van der Waals surface area contributed by atoms with Crippen molar-refractivity contribution in [2.75, 3.05) is 13.7 Å². The summed E-state index contributed by atoms with van der Waals surface area (Å²) >= 11 is 0. The second kappa shape index (κ2) is 8.65. The van der Waals surface area contributed by atoms with Crippen LogP contribution in [0.3, 0.4) is 0 Å². The van der Waals surface area contributed by atoms with Gasteiger partial charge in [0.05, 0.1) is 19.8 Å². The fourth-order valence-electron chi connectivity index (χ4n) is 3.89. The third-order valence-electron chi connectivity index (χ3n) is 5.52. The van der Waals surface area contributed by atoms with Crippen molar-refractivity contribution in [3.8, 4) is 0 Å². The molecule has 0 aliphatic carbocycles. The minimum Gasteiger partial charge on any atom is -0.466 e. The van der Waals surface area contributed by atoms with Crippen molar-refractivity contribution < 1.29 is 23.0 Å². The van der Waals surface area contributed by atoms with Crippen LogP contribution in [0.5, 0.6) is 0 Å². The lowest BCUT2D eigenvalue weighted by atomic mass is 9.78. The Bertz CT molecular complexity index is 856. The first-order valence-electron chi connectivity index (χ1n) is 9.28. The van der Waals surface area contributed by atoms with Crippen LogP contribution in [0.1, 0.15) is 31.1 Å². The highest BCUT2D eigenvalue weighted by Crippen LogP contribution is 2.45. The molecule has 0 radical (unpaired) electrons. The van der Waals surface area contributed by atoms with E-state index in [0.29, 0.717) is 18.6 Å². The predicted octanol–water partition coefficient (Wildman–Crippen LogP) is 5.02. The molecule has 3 rings (SSSR count). The molecule has 0 unspecified atom stereocenters. The van der Waals surface area contributed by atoms with Crippen LogP contribution in [0, 0.1) is 23.5 Å². The smallest absolute Gasteiger partial charge is 0.333 e. The van der Waals surface area contributed by atoms with E-state index in [2.05, 4.69) is 0 Å². The lowest BCUT2D eigenvalue weighted by Gasteiger charge is -2.26. The summed E-state index contributed by atoms with van der Waals surface area (Å²) in [5, 5.41) is 0. The Morgan fingerprint density at radius 2 is 1.61 bits per heavy atom. The number of carbonyl (C=O) groups is 1. The van der Waals surface area contributed by atoms with E-state index in [9.17, 15) is 13.6 Å². The number of carbonyl (C=O) groups excluding carboxylic acids is 1. The molecule has 5 heteroatoms. The summed E-state index contributed by atoms with van der Waals surface area (Å²) in [5.41, 5.74) is 3.31. The van der Waals surface area contributed by atoms with E-state index in [1.54, 1.807) is 31.2 Å². The summed E-state index contributed by atoms with van der Waals surface area (Å²) in [6, 6.07) is 12.7. The van der Waals surface area contributed by atoms with E-state index in [1.165, 1.54) is 31.4 Å². The molecule has 0 N–H and O–H groups in total. The van der Waals surface area contributed by atoms with Gasteiger partial charge in [0.1, 0.15) is 11.6 Å². The Hall–Kier alpha value is -2.53. The average Bonchev–Trinajstić information content (AvgIpc) is 3.12. The number of ether oxygens (including phenoxy) is 2. The van der Waals surface area contributed by atoms with Gasteiger partial charge in [-0.05, 0) is 61.6 Å². The third kappa shape index (κ3) is 4.30. The van der Waals surface area contributed by atoms with E-state index < -0.39 is 0 Å².